The van der Waals surface area contributed by atoms with E-state index in [4.69, 9.17) is 0 Å². The molecule has 2 rings (SSSR count). The zero-order valence-electron chi connectivity index (χ0n) is 10.6. The molecule has 5 heteroatoms. The number of anilines is 1. The summed E-state index contributed by atoms with van der Waals surface area (Å²) in [5.41, 5.74) is 3.34. The van der Waals surface area contributed by atoms with Crippen LogP contribution in [0.25, 0.3) is 0 Å². The highest BCUT2D eigenvalue weighted by atomic mass is 32.2. The lowest BCUT2D eigenvalue weighted by Crippen LogP contribution is -2.29. The molecule has 1 aliphatic rings. The summed E-state index contributed by atoms with van der Waals surface area (Å²) >= 11 is 0.974. The third-order valence-electron chi connectivity index (χ3n) is 2.88. The molecule has 1 aromatic carbocycles. The van der Waals surface area contributed by atoms with Crippen molar-refractivity contribution in [1.82, 2.24) is 5.32 Å². The molecule has 0 aliphatic carbocycles. The Balaban J connectivity index is 2.13. The highest BCUT2D eigenvalue weighted by molar-refractivity contribution is 8.15. The zero-order valence-corrected chi connectivity index (χ0v) is 11.4. The van der Waals surface area contributed by atoms with Gasteiger partial charge in [0.25, 0.3) is 11.1 Å². The molecule has 0 unspecified atom stereocenters. The first-order chi connectivity index (χ1) is 8.47. The Labute approximate surface area is 111 Å². The van der Waals surface area contributed by atoms with Crippen LogP contribution in [0.4, 0.5) is 10.5 Å². The SMILES string of the molecule is Cc1cc(N[C@@H]2SC(=O)NC2=O)ccc1C(C)C. The van der Waals surface area contributed by atoms with Gasteiger partial charge in [0.05, 0.1) is 0 Å². The van der Waals surface area contributed by atoms with Crippen molar-refractivity contribution >= 4 is 28.6 Å². The van der Waals surface area contributed by atoms with Gasteiger partial charge in [-0.25, -0.2) is 0 Å². The lowest BCUT2D eigenvalue weighted by molar-refractivity contribution is -0.118. The lowest BCUT2D eigenvalue weighted by atomic mass is 9.98. The number of benzene rings is 1. The second-order valence-corrected chi connectivity index (χ2v) is 5.72. The second-order valence-electron chi connectivity index (χ2n) is 4.65. The maximum Gasteiger partial charge on any atom is 0.288 e. The number of carbonyl (C=O) groups excluding carboxylic acids is 2. The van der Waals surface area contributed by atoms with Crippen LogP contribution in [0.15, 0.2) is 18.2 Å². The lowest BCUT2D eigenvalue weighted by Gasteiger charge is -2.14. The number of nitrogens with one attached hydrogen (secondary N) is 2. The molecule has 0 spiro atoms. The first kappa shape index (κ1) is 13.0. The first-order valence-electron chi connectivity index (χ1n) is 5.86. The minimum absolute atomic E-state index is 0.282. The highest BCUT2D eigenvalue weighted by Gasteiger charge is 2.31. The van der Waals surface area contributed by atoms with Gasteiger partial charge in [0.1, 0.15) is 0 Å². The Bertz CT molecular complexity index is 500. The molecular weight excluding hydrogens is 248 g/mol. The molecule has 2 amide bonds. The van der Waals surface area contributed by atoms with Crippen molar-refractivity contribution in [2.75, 3.05) is 5.32 Å². The van der Waals surface area contributed by atoms with Gasteiger partial charge in [0, 0.05) is 5.69 Å². The van der Waals surface area contributed by atoms with E-state index in [2.05, 4.69) is 30.5 Å². The van der Waals surface area contributed by atoms with Crippen molar-refractivity contribution in [1.29, 1.82) is 0 Å². The van der Waals surface area contributed by atoms with E-state index < -0.39 is 5.37 Å². The number of hydrogen-bond donors (Lipinski definition) is 2. The fourth-order valence-corrected chi connectivity index (χ4v) is 2.75. The van der Waals surface area contributed by atoms with Crippen molar-refractivity contribution in [2.45, 2.75) is 32.1 Å². The van der Waals surface area contributed by atoms with Gasteiger partial charge >= 0.3 is 0 Å². The summed E-state index contributed by atoms with van der Waals surface area (Å²) < 4.78 is 0. The predicted octanol–water partition coefficient (Wildman–Crippen LogP) is 2.84. The quantitative estimate of drug-likeness (QED) is 0.881. The monoisotopic (exact) mass is 264 g/mol. The summed E-state index contributed by atoms with van der Waals surface area (Å²) in [7, 11) is 0. The van der Waals surface area contributed by atoms with Crippen LogP contribution >= 0.6 is 11.8 Å². The number of rotatable bonds is 3. The Morgan fingerprint density at radius 2 is 2.06 bits per heavy atom. The third kappa shape index (κ3) is 2.67. The molecule has 1 heterocycles. The summed E-state index contributed by atoms with van der Waals surface area (Å²) in [6.45, 7) is 6.34. The summed E-state index contributed by atoms with van der Waals surface area (Å²) in [5.74, 6) is 0.195. The summed E-state index contributed by atoms with van der Waals surface area (Å²) in [5, 5.41) is 4.49. The third-order valence-corrected chi connectivity index (χ3v) is 3.76. The van der Waals surface area contributed by atoms with Crippen LogP contribution in [0.5, 0.6) is 0 Å². The molecule has 1 aliphatic heterocycles. The average molecular weight is 264 g/mol. The molecule has 2 N–H and O–H groups in total. The average Bonchev–Trinajstić information content (AvgIpc) is 2.57. The Morgan fingerprint density at radius 1 is 1.33 bits per heavy atom. The fourth-order valence-electron chi connectivity index (χ4n) is 2.02. The molecule has 0 aromatic heterocycles. The van der Waals surface area contributed by atoms with E-state index in [1.165, 1.54) is 11.1 Å². The molecule has 0 radical (unpaired) electrons. The molecule has 4 nitrogen and oxygen atoms in total. The largest absolute Gasteiger partial charge is 0.365 e. The van der Waals surface area contributed by atoms with Gasteiger partial charge in [-0.15, -0.1) is 0 Å². The molecule has 96 valence electrons. The van der Waals surface area contributed by atoms with Crippen molar-refractivity contribution < 1.29 is 9.59 Å². The smallest absolute Gasteiger partial charge is 0.288 e. The number of imide groups is 1. The first-order valence-corrected chi connectivity index (χ1v) is 6.74. The van der Waals surface area contributed by atoms with Gasteiger partial charge < -0.3 is 5.32 Å². The van der Waals surface area contributed by atoms with E-state index in [0.717, 1.165) is 17.4 Å². The fraction of sp³-hybridized carbons (Fsp3) is 0.385. The van der Waals surface area contributed by atoms with E-state index in [1.807, 2.05) is 19.1 Å². The van der Waals surface area contributed by atoms with E-state index >= 15 is 0 Å². The van der Waals surface area contributed by atoms with Crippen molar-refractivity contribution in [2.24, 2.45) is 0 Å². The molecule has 1 fully saturated rings. The Hall–Kier alpha value is -1.49. The molecular formula is C13H16N2O2S. The molecule has 1 atom stereocenters. The molecule has 0 saturated carbocycles. The van der Waals surface area contributed by atoms with E-state index in [1.54, 1.807) is 0 Å². The number of thioether (sulfide) groups is 1. The van der Waals surface area contributed by atoms with Crippen LogP contribution in [0.1, 0.15) is 30.9 Å². The van der Waals surface area contributed by atoms with Crippen molar-refractivity contribution in [3.05, 3.63) is 29.3 Å². The number of carbonyl (C=O) groups is 2. The molecule has 0 bridgehead atoms. The topological polar surface area (TPSA) is 58.2 Å². The van der Waals surface area contributed by atoms with Gasteiger partial charge in [0.15, 0.2) is 5.37 Å². The molecule has 18 heavy (non-hydrogen) atoms. The maximum absolute atomic E-state index is 11.4. The van der Waals surface area contributed by atoms with Crippen LogP contribution in [0, 0.1) is 6.92 Å². The second kappa shape index (κ2) is 5.02. The standard InChI is InChI=1S/C13H16N2O2S/c1-7(2)10-5-4-9(6-8(10)3)14-12-11(16)15-13(17)18-12/h4-7,12,14H,1-3H3,(H,15,16,17)/t12-/m1/s1. The van der Waals surface area contributed by atoms with Gasteiger partial charge in [-0.3, -0.25) is 14.9 Å². The Morgan fingerprint density at radius 3 is 2.56 bits per heavy atom. The van der Waals surface area contributed by atoms with Crippen LogP contribution in [0.2, 0.25) is 0 Å². The molecule has 1 saturated heterocycles. The summed E-state index contributed by atoms with van der Waals surface area (Å²) in [6, 6.07) is 6.01. The number of aryl methyl sites for hydroxylation is 1. The van der Waals surface area contributed by atoms with Crippen LogP contribution in [-0.4, -0.2) is 16.5 Å². The van der Waals surface area contributed by atoms with Crippen molar-refractivity contribution in [3.63, 3.8) is 0 Å². The van der Waals surface area contributed by atoms with Crippen LogP contribution in [0.3, 0.4) is 0 Å². The minimum Gasteiger partial charge on any atom is -0.365 e. The summed E-state index contributed by atoms with van der Waals surface area (Å²) in [4.78, 5) is 22.5. The predicted molar refractivity (Wildman–Crippen MR) is 73.8 cm³/mol. The normalized spacial score (nSPS) is 19.2. The minimum atomic E-state index is -0.526. The van der Waals surface area contributed by atoms with Gasteiger partial charge in [-0.05, 0) is 47.9 Å². The van der Waals surface area contributed by atoms with Gasteiger partial charge in [-0.1, -0.05) is 19.9 Å². The Kier molecular flexibility index (Phi) is 3.61. The number of amides is 2. The van der Waals surface area contributed by atoms with E-state index in [9.17, 15) is 9.59 Å². The maximum atomic E-state index is 11.4. The highest BCUT2D eigenvalue weighted by Crippen LogP contribution is 2.25. The number of hydrogen-bond acceptors (Lipinski definition) is 4. The van der Waals surface area contributed by atoms with Gasteiger partial charge in [0.2, 0.25) is 0 Å². The van der Waals surface area contributed by atoms with Crippen molar-refractivity contribution in [3.8, 4) is 0 Å². The molecule has 1 aromatic rings. The van der Waals surface area contributed by atoms with Crippen LogP contribution in [-0.2, 0) is 4.79 Å². The summed E-state index contributed by atoms with van der Waals surface area (Å²) in [6.07, 6.45) is 0. The van der Waals surface area contributed by atoms with Gasteiger partial charge in [-0.2, -0.15) is 0 Å². The van der Waals surface area contributed by atoms with E-state index in [0.29, 0.717) is 5.92 Å². The zero-order chi connectivity index (χ0) is 13.3. The van der Waals surface area contributed by atoms with E-state index in [-0.39, 0.29) is 11.1 Å². The van der Waals surface area contributed by atoms with Crippen LogP contribution < -0.4 is 10.6 Å².